The van der Waals surface area contributed by atoms with Crippen molar-refractivity contribution in [2.75, 3.05) is 18.4 Å². The van der Waals surface area contributed by atoms with Gasteiger partial charge in [0.15, 0.2) is 0 Å². The molecule has 3 amide bonds. The van der Waals surface area contributed by atoms with E-state index in [1.165, 1.54) is 0 Å². The van der Waals surface area contributed by atoms with Crippen LogP contribution in [0.25, 0.3) is 33.6 Å². The van der Waals surface area contributed by atoms with Crippen LogP contribution in [-0.2, 0) is 14.3 Å². The molecule has 6 aromatic rings. The predicted octanol–water partition coefficient (Wildman–Crippen LogP) is 7.22. The molecular weight excluding hydrogens is 733 g/mol. The summed E-state index contributed by atoms with van der Waals surface area (Å²) in [5.74, 6) is 1.62. The maximum Gasteiger partial charge on any atom is 0.405 e. The summed E-state index contributed by atoms with van der Waals surface area (Å²) in [5.41, 5.74) is 11.7. The second kappa shape index (κ2) is 16.7. The second-order valence-corrected chi connectivity index (χ2v) is 15.1. The van der Waals surface area contributed by atoms with Crippen molar-refractivity contribution in [3.05, 3.63) is 127 Å². The highest BCUT2D eigenvalue weighted by molar-refractivity contribution is 5.86. The summed E-state index contributed by atoms with van der Waals surface area (Å²) in [5, 5.41) is 3.24. The number of aromatic nitrogens is 6. The Kier molecular flexibility index (Phi) is 11.0. The highest BCUT2D eigenvalue weighted by atomic mass is 16.6. The van der Waals surface area contributed by atoms with E-state index in [4.69, 9.17) is 15.5 Å². The van der Waals surface area contributed by atoms with E-state index in [9.17, 15) is 14.4 Å². The molecule has 296 valence electrons. The molecule has 2 fully saturated rings. The number of amides is 3. The molecule has 0 bridgehead atoms. The van der Waals surface area contributed by atoms with E-state index in [2.05, 4.69) is 66.6 Å². The number of hydrogen-bond donors (Lipinski definition) is 4. The van der Waals surface area contributed by atoms with Crippen molar-refractivity contribution in [3.63, 3.8) is 0 Å². The second-order valence-electron chi connectivity index (χ2n) is 15.1. The lowest BCUT2D eigenvalue weighted by atomic mass is 10.0. The molecule has 3 aromatic carbocycles. The van der Waals surface area contributed by atoms with Gasteiger partial charge in [0.05, 0.1) is 35.9 Å². The molecule has 3 aromatic heterocycles. The van der Waals surface area contributed by atoms with Gasteiger partial charge < -0.3 is 35.6 Å². The fourth-order valence-electron chi connectivity index (χ4n) is 7.98. The number of nitrogens with zero attached hydrogens (tertiary/aromatic N) is 6. The molecule has 5 N–H and O–H groups in total. The van der Waals surface area contributed by atoms with E-state index in [1.54, 1.807) is 53.8 Å². The molecule has 8 rings (SSSR count). The van der Waals surface area contributed by atoms with Gasteiger partial charge in [0.2, 0.25) is 18.0 Å². The maximum absolute atomic E-state index is 13.8. The third kappa shape index (κ3) is 8.03. The molecule has 0 radical (unpaired) electrons. The van der Waals surface area contributed by atoms with Crippen LogP contribution in [0.15, 0.2) is 110 Å². The van der Waals surface area contributed by atoms with Crippen LogP contribution in [0, 0.1) is 5.92 Å². The lowest BCUT2D eigenvalue weighted by Gasteiger charge is -2.30. The number of nitrogens with two attached hydrogens (primary N) is 1. The SMILES string of the molecule is CC(C)[C@@H](Nc1ncccn1)C(=O)N1CCC[C@H]1c1ncc(-c2ccc(-c3ccc(-c4cnc([C@@H]5CCCN5C(=O)[C@H](OC(N)=O)c5ccccc5)[nH]4)cc3)cc2)[nH]1. The zero-order chi connectivity index (χ0) is 40.2. The molecule has 58 heavy (non-hydrogen) atoms. The average Bonchev–Trinajstić information content (AvgIpc) is 4.09. The first-order valence-corrected chi connectivity index (χ1v) is 19.7. The number of nitrogens with one attached hydrogen (secondary N) is 3. The van der Waals surface area contributed by atoms with E-state index in [-0.39, 0.29) is 29.8 Å². The summed E-state index contributed by atoms with van der Waals surface area (Å²) in [6.45, 7) is 5.23. The average molecular weight is 779 g/mol. The van der Waals surface area contributed by atoms with Crippen LogP contribution in [0.2, 0.25) is 0 Å². The van der Waals surface area contributed by atoms with Gasteiger partial charge in [-0.2, -0.15) is 0 Å². The van der Waals surface area contributed by atoms with Gasteiger partial charge in [0.1, 0.15) is 17.7 Å². The quantitative estimate of drug-likeness (QED) is 0.0994. The molecule has 14 nitrogen and oxygen atoms in total. The van der Waals surface area contributed by atoms with Crippen LogP contribution in [-0.4, -0.2) is 76.7 Å². The Labute approximate surface area is 336 Å². The zero-order valence-electron chi connectivity index (χ0n) is 32.4. The maximum atomic E-state index is 13.8. The van der Waals surface area contributed by atoms with Gasteiger partial charge in [-0.05, 0) is 59.9 Å². The number of H-pyrrole nitrogens is 2. The molecule has 0 aliphatic carbocycles. The van der Waals surface area contributed by atoms with Crippen LogP contribution >= 0.6 is 0 Å². The van der Waals surface area contributed by atoms with Crippen molar-refractivity contribution < 1.29 is 19.1 Å². The van der Waals surface area contributed by atoms with E-state index in [1.807, 2.05) is 43.1 Å². The number of likely N-dealkylation sites (tertiary alicyclic amines) is 2. The Morgan fingerprint density at radius 2 is 1.19 bits per heavy atom. The van der Waals surface area contributed by atoms with Crippen LogP contribution in [0.1, 0.15) is 74.9 Å². The van der Waals surface area contributed by atoms with Crippen molar-refractivity contribution in [1.29, 1.82) is 0 Å². The van der Waals surface area contributed by atoms with E-state index in [0.717, 1.165) is 65.1 Å². The van der Waals surface area contributed by atoms with Gasteiger partial charge in [-0.1, -0.05) is 92.7 Å². The highest BCUT2D eigenvalue weighted by Gasteiger charge is 2.39. The summed E-state index contributed by atoms with van der Waals surface area (Å²) in [6.07, 6.45) is 8.07. The first-order valence-electron chi connectivity index (χ1n) is 19.7. The summed E-state index contributed by atoms with van der Waals surface area (Å²) < 4.78 is 5.30. The van der Waals surface area contributed by atoms with Crippen LogP contribution in [0.3, 0.4) is 0 Å². The normalized spacial score (nSPS) is 17.6. The lowest BCUT2D eigenvalue weighted by Crippen LogP contribution is -2.45. The third-order valence-corrected chi connectivity index (χ3v) is 11.0. The molecular formula is C44H46N10O4. The number of imidazole rings is 2. The molecule has 14 heteroatoms. The van der Waals surface area contributed by atoms with Crippen LogP contribution < -0.4 is 11.1 Å². The lowest BCUT2D eigenvalue weighted by molar-refractivity contribution is -0.141. The largest absolute Gasteiger partial charge is 0.431 e. The number of carbonyl (C=O) groups is 3. The summed E-state index contributed by atoms with van der Waals surface area (Å²) in [4.78, 5) is 67.8. The van der Waals surface area contributed by atoms with Crippen molar-refractivity contribution in [3.8, 4) is 33.6 Å². The molecule has 2 saturated heterocycles. The van der Waals surface area contributed by atoms with Crippen LogP contribution in [0.5, 0.6) is 0 Å². The summed E-state index contributed by atoms with van der Waals surface area (Å²) in [7, 11) is 0. The predicted molar refractivity (Wildman–Crippen MR) is 219 cm³/mol. The van der Waals surface area contributed by atoms with Gasteiger partial charge in [-0.15, -0.1) is 0 Å². The van der Waals surface area contributed by atoms with Crippen molar-refractivity contribution in [1.82, 2.24) is 39.7 Å². The number of primary amides is 1. The van der Waals surface area contributed by atoms with Crippen molar-refractivity contribution in [2.45, 2.75) is 63.8 Å². The molecule has 2 aliphatic rings. The van der Waals surface area contributed by atoms with E-state index in [0.29, 0.717) is 30.4 Å². The van der Waals surface area contributed by atoms with Gasteiger partial charge in [-0.25, -0.2) is 24.7 Å². The van der Waals surface area contributed by atoms with Gasteiger partial charge in [0.25, 0.3) is 5.91 Å². The Morgan fingerprint density at radius 1 is 0.690 bits per heavy atom. The van der Waals surface area contributed by atoms with Crippen molar-refractivity contribution in [2.24, 2.45) is 11.7 Å². The van der Waals surface area contributed by atoms with Crippen LogP contribution in [0.4, 0.5) is 10.7 Å². The highest BCUT2D eigenvalue weighted by Crippen LogP contribution is 2.36. The van der Waals surface area contributed by atoms with Gasteiger partial charge in [0, 0.05) is 31.0 Å². The Hall–Kier alpha value is -6.83. The minimum absolute atomic E-state index is 0.0182. The van der Waals surface area contributed by atoms with Gasteiger partial charge >= 0.3 is 6.09 Å². The number of hydrogen-bond acceptors (Lipinski definition) is 9. The third-order valence-electron chi connectivity index (χ3n) is 11.0. The van der Waals surface area contributed by atoms with Gasteiger partial charge in [-0.3, -0.25) is 9.59 Å². The Bertz CT molecular complexity index is 2350. The number of rotatable bonds is 12. The minimum atomic E-state index is -1.13. The zero-order valence-corrected chi connectivity index (χ0v) is 32.4. The standard InChI is InChI=1S/C44H46N10O4/c1-27(2)37(52-44-46-21-8-22-47-44)41(55)53-23-6-11-35(53)39-48-25-33(50-39)30-17-13-28(14-18-30)29-15-19-31(20-16-29)34-26-49-40(51-34)36-12-7-24-54(36)42(56)38(58-43(45)57)32-9-4-3-5-10-32/h3-5,8-10,13-22,25-27,35-38H,6-7,11-12,23-24H2,1-2H3,(H2,45,57)(H,48,50)(H,49,51)(H,46,47,52)/t35-,36-,37+,38+/m0/s1. The number of carbonyl (C=O) groups excluding carboxylic acids is 3. The smallest absolute Gasteiger partial charge is 0.405 e. The minimum Gasteiger partial charge on any atom is -0.431 e. The fraction of sp³-hybridized carbons (Fsp3) is 0.295. The number of aromatic amines is 2. The number of anilines is 1. The topological polar surface area (TPSA) is 188 Å². The molecule has 0 spiro atoms. The monoisotopic (exact) mass is 778 g/mol. The molecule has 4 atom stereocenters. The fourth-order valence-corrected chi connectivity index (χ4v) is 7.98. The van der Waals surface area contributed by atoms with Crippen molar-refractivity contribution >= 4 is 23.9 Å². The Balaban J connectivity index is 0.920. The Morgan fingerprint density at radius 3 is 1.69 bits per heavy atom. The molecule has 0 saturated carbocycles. The molecule has 5 heterocycles. The first-order chi connectivity index (χ1) is 28.2. The molecule has 0 unspecified atom stereocenters. The molecule has 2 aliphatic heterocycles. The first kappa shape index (κ1) is 38.1. The van der Waals surface area contributed by atoms with E-state index < -0.39 is 18.2 Å². The number of benzene rings is 3. The van der Waals surface area contributed by atoms with E-state index >= 15 is 0 Å². The number of ether oxygens (including phenoxy) is 1. The summed E-state index contributed by atoms with van der Waals surface area (Å²) in [6, 6.07) is 26.3. The summed E-state index contributed by atoms with van der Waals surface area (Å²) >= 11 is 0.